The molecule has 2 aromatic rings. The van der Waals surface area contributed by atoms with Gasteiger partial charge < -0.3 is 14.8 Å². The van der Waals surface area contributed by atoms with E-state index in [2.05, 4.69) is 67.1 Å². The Balaban J connectivity index is 2.30. The number of ether oxygens (including phenoxy) is 2. The van der Waals surface area contributed by atoms with Crippen molar-refractivity contribution in [2.45, 2.75) is 76.5 Å². The summed E-state index contributed by atoms with van der Waals surface area (Å²) in [5.41, 5.74) is 4.18. The molecule has 0 aliphatic carbocycles. The predicted molar refractivity (Wildman–Crippen MR) is 137 cm³/mol. The van der Waals surface area contributed by atoms with Crippen molar-refractivity contribution in [3.05, 3.63) is 53.1 Å². The number of hydrogen-bond acceptors (Lipinski definition) is 3. The molecule has 0 spiro atoms. The summed E-state index contributed by atoms with van der Waals surface area (Å²) in [5, 5.41) is 3.97. The van der Waals surface area contributed by atoms with Gasteiger partial charge in [0, 0.05) is 23.5 Å². The molecule has 176 valence electrons. The minimum absolute atomic E-state index is 0.0293. The molecule has 2 rings (SSSR count). The lowest BCUT2D eigenvalue weighted by molar-refractivity contribution is -0.116. The van der Waals surface area contributed by atoms with Crippen LogP contribution in [0.1, 0.15) is 82.4 Å². The van der Waals surface area contributed by atoms with E-state index >= 15 is 0 Å². The summed E-state index contributed by atoms with van der Waals surface area (Å²) in [5.74, 6) is 1.64. The van der Waals surface area contributed by atoms with Gasteiger partial charge in [-0.1, -0.05) is 81.1 Å². The highest BCUT2D eigenvalue weighted by atomic mass is 79.9. The first-order chi connectivity index (χ1) is 15.2. The number of nitrogens with one attached hydrogen (secondary N) is 1. The number of methoxy groups -OCH3 is 2. The molecule has 1 atom stereocenters. The first-order valence-corrected chi connectivity index (χ1v) is 12.6. The van der Waals surface area contributed by atoms with E-state index in [-0.39, 0.29) is 17.2 Å². The molecule has 2 aromatic carbocycles. The van der Waals surface area contributed by atoms with Gasteiger partial charge >= 0.3 is 0 Å². The molecule has 0 heterocycles. The van der Waals surface area contributed by atoms with Crippen LogP contribution in [0, 0.1) is 0 Å². The van der Waals surface area contributed by atoms with Crippen molar-refractivity contribution in [1.82, 2.24) is 0 Å². The molecule has 32 heavy (non-hydrogen) atoms. The van der Waals surface area contributed by atoms with Crippen molar-refractivity contribution >= 4 is 27.5 Å². The average molecular weight is 505 g/mol. The fraction of sp³-hybridized carbons (Fsp3) is 0.519. The van der Waals surface area contributed by atoms with Gasteiger partial charge in [0.2, 0.25) is 5.91 Å². The number of anilines is 1. The Labute approximate surface area is 202 Å². The summed E-state index contributed by atoms with van der Waals surface area (Å²) >= 11 is 3.53. The van der Waals surface area contributed by atoms with Gasteiger partial charge in [0.15, 0.2) is 0 Å². The molecule has 4 nitrogen and oxygen atoms in total. The molecule has 0 bridgehead atoms. The van der Waals surface area contributed by atoms with E-state index in [1.54, 1.807) is 14.2 Å². The number of alkyl halides is 1. The van der Waals surface area contributed by atoms with Gasteiger partial charge in [0.1, 0.15) is 11.5 Å². The topological polar surface area (TPSA) is 47.6 Å². The zero-order valence-corrected chi connectivity index (χ0v) is 22.0. The molecule has 0 aliphatic rings. The molecule has 0 fully saturated rings. The molecule has 5 heteroatoms. The third kappa shape index (κ3) is 7.26. The molecule has 0 aliphatic heterocycles. The summed E-state index contributed by atoms with van der Waals surface area (Å²) in [7, 11) is 3.32. The van der Waals surface area contributed by atoms with Crippen molar-refractivity contribution in [2.75, 3.05) is 19.5 Å². The van der Waals surface area contributed by atoms with E-state index < -0.39 is 0 Å². The summed E-state index contributed by atoms with van der Waals surface area (Å²) in [4.78, 5) is 13.2. The normalized spacial score (nSPS) is 12.3. The van der Waals surface area contributed by atoms with Crippen molar-refractivity contribution in [1.29, 1.82) is 0 Å². The third-order valence-corrected chi connectivity index (χ3v) is 6.44. The van der Waals surface area contributed by atoms with Crippen molar-refractivity contribution in [2.24, 2.45) is 0 Å². The predicted octanol–water partition coefficient (Wildman–Crippen LogP) is 7.59. The average Bonchev–Trinajstić information content (AvgIpc) is 2.77. The number of amides is 1. The van der Waals surface area contributed by atoms with Crippen molar-refractivity contribution in [3.63, 3.8) is 0 Å². The second-order valence-corrected chi connectivity index (χ2v) is 9.88. The van der Waals surface area contributed by atoms with Gasteiger partial charge in [0.25, 0.3) is 0 Å². The van der Waals surface area contributed by atoms with Crippen LogP contribution in [-0.2, 0) is 15.5 Å². The van der Waals surface area contributed by atoms with E-state index in [4.69, 9.17) is 9.47 Å². The molecular formula is C27H38BrNO3. The molecule has 1 unspecified atom stereocenters. The van der Waals surface area contributed by atoms with Crippen LogP contribution >= 0.6 is 15.9 Å². The van der Waals surface area contributed by atoms with E-state index in [1.807, 2.05) is 18.2 Å². The number of carbonyl (C=O) groups excluding carboxylic acids is 1. The first-order valence-electron chi connectivity index (χ1n) is 11.4. The number of unbranched alkanes of at least 4 members (excludes halogenated alkanes) is 2. The van der Waals surface area contributed by atoms with Gasteiger partial charge in [-0.05, 0) is 46.6 Å². The first kappa shape index (κ1) is 26.2. The lowest BCUT2D eigenvalue weighted by Gasteiger charge is -2.25. The van der Waals surface area contributed by atoms with Gasteiger partial charge in [-0.3, -0.25) is 4.79 Å². The third-order valence-electron chi connectivity index (χ3n) is 5.79. The van der Waals surface area contributed by atoms with E-state index in [0.717, 1.165) is 64.9 Å². The highest BCUT2D eigenvalue weighted by molar-refractivity contribution is 9.08. The standard InChI is InChI=1S/C27H38BrNO3/c1-7-8-9-10-20(22-13-12-21(31-5)17-25(22)32-6)16-26(30)29-24-15-19(18-28)11-14-23(24)27(2,3)4/h11-15,17,20H,7-10,16,18H2,1-6H3,(H,29,30). The monoisotopic (exact) mass is 503 g/mol. The summed E-state index contributed by atoms with van der Waals surface area (Å²) in [6.07, 6.45) is 4.73. The second kappa shape index (κ2) is 12.3. The molecule has 1 amide bonds. The Bertz CT molecular complexity index is 889. The molecular weight excluding hydrogens is 466 g/mol. The Kier molecular flexibility index (Phi) is 10.1. The second-order valence-electron chi connectivity index (χ2n) is 9.32. The SMILES string of the molecule is CCCCCC(CC(=O)Nc1cc(CBr)ccc1C(C)(C)C)c1ccc(OC)cc1OC. The maximum atomic E-state index is 13.2. The van der Waals surface area contributed by atoms with Gasteiger partial charge in [-0.2, -0.15) is 0 Å². The Hall–Kier alpha value is -2.01. The number of benzene rings is 2. The Morgan fingerprint density at radius 3 is 2.41 bits per heavy atom. The zero-order chi connectivity index (χ0) is 23.7. The number of carbonyl (C=O) groups is 1. The van der Waals surface area contributed by atoms with Crippen LogP contribution in [0.4, 0.5) is 5.69 Å². The van der Waals surface area contributed by atoms with Crippen LogP contribution in [0.25, 0.3) is 0 Å². The van der Waals surface area contributed by atoms with Gasteiger partial charge in [-0.25, -0.2) is 0 Å². The van der Waals surface area contributed by atoms with Crippen LogP contribution in [0.5, 0.6) is 11.5 Å². The maximum Gasteiger partial charge on any atom is 0.224 e. The van der Waals surface area contributed by atoms with E-state index in [1.165, 1.54) is 0 Å². The Morgan fingerprint density at radius 1 is 1.06 bits per heavy atom. The highest BCUT2D eigenvalue weighted by Crippen LogP contribution is 2.36. The lowest BCUT2D eigenvalue weighted by atomic mass is 9.85. The van der Waals surface area contributed by atoms with Gasteiger partial charge in [-0.15, -0.1) is 0 Å². The summed E-state index contributed by atoms with van der Waals surface area (Å²) < 4.78 is 11.0. The van der Waals surface area contributed by atoms with E-state index in [9.17, 15) is 4.79 Å². The minimum atomic E-state index is -0.0623. The van der Waals surface area contributed by atoms with Crippen molar-refractivity contribution < 1.29 is 14.3 Å². The fourth-order valence-electron chi connectivity index (χ4n) is 4.02. The minimum Gasteiger partial charge on any atom is -0.497 e. The molecule has 0 aromatic heterocycles. The zero-order valence-electron chi connectivity index (χ0n) is 20.4. The molecule has 0 saturated carbocycles. The van der Waals surface area contributed by atoms with Crippen LogP contribution < -0.4 is 14.8 Å². The lowest BCUT2D eigenvalue weighted by Crippen LogP contribution is -2.20. The Morgan fingerprint density at radius 2 is 1.81 bits per heavy atom. The number of halogens is 1. The largest absolute Gasteiger partial charge is 0.497 e. The fourth-order valence-corrected chi connectivity index (χ4v) is 4.37. The smallest absolute Gasteiger partial charge is 0.224 e. The van der Waals surface area contributed by atoms with Crippen LogP contribution in [0.2, 0.25) is 0 Å². The highest BCUT2D eigenvalue weighted by Gasteiger charge is 2.23. The molecule has 1 N–H and O–H groups in total. The summed E-state index contributed by atoms with van der Waals surface area (Å²) in [6.45, 7) is 8.70. The number of rotatable bonds is 11. The van der Waals surface area contributed by atoms with Crippen molar-refractivity contribution in [3.8, 4) is 11.5 Å². The van der Waals surface area contributed by atoms with Crippen LogP contribution in [0.15, 0.2) is 36.4 Å². The van der Waals surface area contributed by atoms with Crippen LogP contribution in [-0.4, -0.2) is 20.1 Å². The van der Waals surface area contributed by atoms with Crippen LogP contribution in [0.3, 0.4) is 0 Å². The number of hydrogen-bond donors (Lipinski definition) is 1. The molecule has 0 radical (unpaired) electrons. The quantitative estimate of drug-likeness (QED) is 0.253. The molecule has 0 saturated heterocycles. The maximum absolute atomic E-state index is 13.2. The van der Waals surface area contributed by atoms with E-state index in [0.29, 0.717) is 6.42 Å². The van der Waals surface area contributed by atoms with Gasteiger partial charge in [0.05, 0.1) is 14.2 Å². The summed E-state index contributed by atoms with van der Waals surface area (Å²) in [6, 6.07) is 12.2.